The number of hydrogen-bond acceptors (Lipinski definition) is 16. The number of benzene rings is 3. The summed E-state index contributed by atoms with van der Waals surface area (Å²) in [6.45, 7) is 25.0. The first-order chi connectivity index (χ1) is 40.9. The predicted octanol–water partition coefficient (Wildman–Crippen LogP) is 11.4. The zero-order chi connectivity index (χ0) is 60.1. The maximum Gasteiger partial charge on any atom is 0.433 e. The van der Waals surface area contributed by atoms with Crippen molar-refractivity contribution in [3.8, 4) is 6.01 Å². The van der Waals surface area contributed by atoms with E-state index in [9.17, 15) is 13.2 Å². The molecular formula is C64H71F3N17O+. The van der Waals surface area contributed by atoms with E-state index in [1.165, 1.54) is 11.1 Å². The molecular weight excluding hydrogens is 1080 g/mol. The molecule has 85 heavy (non-hydrogen) atoms. The number of alkyl halides is 3. The highest BCUT2D eigenvalue weighted by molar-refractivity contribution is 6.03. The summed E-state index contributed by atoms with van der Waals surface area (Å²) in [7, 11) is 0. The van der Waals surface area contributed by atoms with Crippen LogP contribution in [-0.2, 0) is 51.6 Å². The van der Waals surface area contributed by atoms with Gasteiger partial charge in [-0.05, 0) is 55.5 Å². The minimum absolute atomic E-state index is 0.0819. The number of nitrogens with two attached hydrogens (primary N) is 4. The zero-order valence-electron chi connectivity index (χ0n) is 48.4. The smallest absolute Gasteiger partial charge is 0.433 e. The second-order valence-corrected chi connectivity index (χ2v) is 21.4. The molecule has 438 valence electrons. The summed E-state index contributed by atoms with van der Waals surface area (Å²) in [6.07, 6.45) is 2.51. The SMILES string of the molecule is C=C1Cc2c(N)nc(NCCCC)nc2N1Cc1ccccc1.C=C1Cc2c(N)nc(OCCC)nc2N1Cc1ccccc1.C=C1Cc2c(cc(C(F)(F)F)nc2N)N1Cc1ccccc1.Cc1nc2c(N)nc3ccc[n+]4c3c2n1CC4C. The molecule has 9 N–H and O–H groups in total. The van der Waals surface area contributed by atoms with Gasteiger partial charge in [0, 0.05) is 85.3 Å². The first-order valence-electron chi connectivity index (χ1n) is 28.4. The summed E-state index contributed by atoms with van der Waals surface area (Å²) >= 11 is 0. The largest absolute Gasteiger partial charge is 0.463 e. The molecule has 0 saturated carbocycles. The minimum Gasteiger partial charge on any atom is -0.463 e. The fourth-order valence-electron chi connectivity index (χ4n) is 10.8. The fraction of sp³-hybridized carbons (Fsp3) is 0.281. The highest BCUT2D eigenvalue weighted by Crippen LogP contribution is 2.42. The Bertz CT molecular complexity index is 3930. The third-order valence-electron chi connectivity index (χ3n) is 15.1. The van der Waals surface area contributed by atoms with Crippen molar-refractivity contribution in [1.29, 1.82) is 0 Å². The van der Waals surface area contributed by atoms with E-state index >= 15 is 0 Å². The number of nitrogens with one attached hydrogen (secondary N) is 1. The monoisotopic (exact) mass is 1150 g/mol. The highest BCUT2D eigenvalue weighted by atomic mass is 19.4. The molecule has 1 atom stereocenters. The maximum atomic E-state index is 12.9. The van der Waals surface area contributed by atoms with Crippen LogP contribution in [-0.4, -0.2) is 52.6 Å². The van der Waals surface area contributed by atoms with Gasteiger partial charge in [-0.3, -0.25) is 0 Å². The molecule has 1 unspecified atom stereocenters. The van der Waals surface area contributed by atoms with Gasteiger partial charge < -0.3 is 52.3 Å². The lowest BCUT2D eigenvalue weighted by Crippen LogP contribution is -2.43. The van der Waals surface area contributed by atoms with Gasteiger partial charge in [-0.15, -0.1) is 0 Å². The van der Waals surface area contributed by atoms with Gasteiger partial charge in [0.2, 0.25) is 5.95 Å². The van der Waals surface area contributed by atoms with Crippen LogP contribution in [0.2, 0.25) is 0 Å². The number of nitrogen functional groups attached to an aromatic ring is 4. The van der Waals surface area contributed by atoms with Gasteiger partial charge in [-0.25, -0.2) is 15.0 Å². The summed E-state index contributed by atoms with van der Waals surface area (Å²) in [6, 6.07) is 35.9. The first-order valence-corrected chi connectivity index (χ1v) is 28.4. The number of ether oxygens (including phenoxy) is 1. The fourth-order valence-corrected chi connectivity index (χ4v) is 10.8. The van der Waals surface area contributed by atoms with Gasteiger partial charge in [0.25, 0.3) is 5.52 Å². The Kier molecular flexibility index (Phi) is 17.2. The van der Waals surface area contributed by atoms with Crippen molar-refractivity contribution in [2.24, 2.45) is 0 Å². The third-order valence-corrected chi connectivity index (χ3v) is 15.1. The number of aromatic nitrogens is 9. The molecule has 21 heteroatoms. The summed E-state index contributed by atoms with van der Waals surface area (Å²) in [5, 5.41) is 3.26. The molecule has 0 radical (unpaired) electrons. The van der Waals surface area contributed by atoms with E-state index in [0.717, 1.165) is 119 Å². The Balaban J connectivity index is 0.000000126. The summed E-state index contributed by atoms with van der Waals surface area (Å²) < 4.78 is 48.8. The number of anilines is 8. The molecule has 0 spiro atoms. The number of hydrogen-bond donors (Lipinski definition) is 5. The Morgan fingerprint density at radius 1 is 0.635 bits per heavy atom. The van der Waals surface area contributed by atoms with Gasteiger partial charge in [-0.1, -0.05) is 131 Å². The van der Waals surface area contributed by atoms with Crippen LogP contribution in [0.25, 0.3) is 22.1 Å². The number of nitrogens with zero attached hydrogens (tertiary/aromatic N) is 12. The molecule has 0 aliphatic carbocycles. The van der Waals surface area contributed by atoms with E-state index < -0.39 is 11.9 Å². The molecule has 0 fully saturated rings. The molecule has 4 aliphatic heterocycles. The van der Waals surface area contributed by atoms with Crippen molar-refractivity contribution in [3.63, 3.8) is 0 Å². The normalized spacial score (nSPS) is 14.6. The average molecular weight is 1150 g/mol. The van der Waals surface area contributed by atoms with Crippen LogP contribution in [0, 0.1) is 6.92 Å². The summed E-state index contributed by atoms with van der Waals surface area (Å²) in [5.41, 5.74) is 36.0. The number of aryl methyl sites for hydroxylation is 1. The first kappa shape index (κ1) is 58.4. The molecule has 0 saturated heterocycles. The van der Waals surface area contributed by atoms with E-state index in [0.29, 0.717) is 84.8 Å². The van der Waals surface area contributed by atoms with Crippen LogP contribution in [0.15, 0.2) is 152 Å². The van der Waals surface area contributed by atoms with Gasteiger partial charge >= 0.3 is 12.2 Å². The highest BCUT2D eigenvalue weighted by Gasteiger charge is 2.37. The molecule has 9 aromatic rings. The van der Waals surface area contributed by atoms with Crippen LogP contribution >= 0.6 is 0 Å². The molecule has 6 aromatic heterocycles. The topological polar surface area (TPSA) is 234 Å². The molecule has 4 aliphatic rings. The van der Waals surface area contributed by atoms with Gasteiger partial charge in [-0.2, -0.15) is 37.7 Å². The van der Waals surface area contributed by atoms with Crippen LogP contribution in [0.3, 0.4) is 0 Å². The number of pyridine rings is 3. The molecule has 0 bridgehead atoms. The van der Waals surface area contributed by atoms with Crippen molar-refractivity contribution in [2.75, 3.05) is 56.1 Å². The third kappa shape index (κ3) is 12.6. The quantitative estimate of drug-likeness (QED) is 0.0533. The van der Waals surface area contributed by atoms with Crippen molar-refractivity contribution in [1.82, 2.24) is 39.5 Å². The summed E-state index contributed by atoms with van der Waals surface area (Å²) in [4.78, 5) is 36.3. The number of unbranched alkanes of at least 4 members (excludes halogenated alkanes) is 1. The van der Waals surface area contributed by atoms with E-state index in [-0.39, 0.29) is 5.82 Å². The lowest BCUT2D eigenvalue weighted by atomic mass is 10.1. The predicted molar refractivity (Wildman–Crippen MR) is 331 cm³/mol. The maximum absolute atomic E-state index is 12.9. The number of allylic oxidation sites excluding steroid dienone is 3. The van der Waals surface area contributed by atoms with Crippen LogP contribution in [0.1, 0.15) is 91.0 Å². The minimum atomic E-state index is -4.52. The molecule has 3 aromatic carbocycles. The van der Waals surface area contributed by atoms with Crippen molar-refractivity contribution < 1.29 is 22.5 Å². The summed E-state index contributed by atoms with van der Waals surface area (Å²) in [5.74, 6) is 4.76. The lowest BCUT2D eigenvalue weighted by molar-refractivity contribution is -0.698. The second kappa shape index (κ2) is 25.0. The number of imidazole rings is 1. The Morgan fingerprint density at radius 3 is 1.75 bits per heavy atom. The zero-order valence-corrected chi connectivity index (χ0v) is 48.4. The van der Waals surface area contributed by atoms with Crippen LogP contribution < -0.4 is 52.3 Å². The van der Waals surface area contributed by atoms with Gasteiger partial charge in [0.05, 0.1) is 18.8 Å². The number of rotatable bonds is 13. The van der Waals surface area contributed by atoms with Gasteiger partial charge in [0.15, 0.2) is 18.1 Å². The van der Waals surface area contributed by atoms with E-state index in [1.807, 2.05) is 92.7 Å². The molecule has 13 rings (SSSR count). The molecule has 0 amide bonds. The number of halogens is 3. The standard InChI is InChI=1S/C18H23N5.C17H20N4O.C16H14F3N3.C13H14N5/c1-3-4-10-20-18-21-16(19)15-11-13(2)23(17(15)22-18)12-14-8-6-5-7-9-14;1-3-9-22-17-19-15(18)14-10-12(2)21(16(14)20-17)11-13-7-5-4-6-8-13;1-10-7-12-13(8-14(16(17,18)19)21-15(12)20)22(10)9-11-5-3-2-4-6-11;1-7-6-18-8(2)15-10-12(18)11-9(16-13(10)14)4-3-5-17(7)11/h5-9H,2-4,10-12H2,1H3,(H3,19,20,21,22);4-8H,2-3,9-11H2,1H3,(H2,18,19,20);2-6,8H,1,7,9H2,(H2,20,21);3-5,7H,6H2,1-2H3,(H2,14,16)/q;;;+1. The average Bonchev–Trinajstić information content (AvgIpc) is 2.19. The Hall–Kier alpha value is -9.79. The Labute approximate surface area is 492 Å². The molecule has 18 nitrogen and oxygen atoms in total. The lowest BCUT2D eigenvalue weighted by Gasteiger charge is -2.21. The second-order valence-electron chi connectivity index (χ2n) is 21.4. The van der Waals surface area contributed by atoms with Gasteiger partial charge in [0.1, 0.15) is 57.2 Å². The van der Waals surface area contributed by atoms with Crippen molar-refractivity contribution in [2.45, 2.75) is 105 Å². The van der Waals surface area contributed by atoms with Crippen LogP contribution in [0.4, 0.5) is 59.7 Å². The van der Waals surface area contributed by atoms with E-state index in [1.54, 1.807) is 4.90 Å². The van der Waals surface area contributed by atoms with Crippen molar-refractivity contribution in [3.05, 3.63) is 197 Å². The Morgan fingerprint density at radius 2 is 1.18 bits per heavy atom. The van der Waals surface area contributed by atoms with E-state index in [2.05, 4.69) is 123 Å². The van der Waals surface area contributed by atoms with E-state index in [4.69, 9.17) is 27.7 Å². The van der Waals surface area contributed by atoms with Crippen molar-refractivity contribution >= 4 is 68.6 Å². The number of fused-ring (bicyclic) bond motifs is 3. The molecule has 10 heterocycles. The van der Waals surface area contributed by atoms with Crippen LogP contribution in [0.5, 0.6) is 6.01 Å².